The highest BCUT2D eigenvalue weighted by molar-refractivity contribution is 7.99. The number of nitrogens with one attached hydrogen (secondary N) is 1. The van der Waals surface area contributed by atoms with Crippen molar-refractivity contribution in [2.75, 3.05) is 26.0 Å². The molecule has 19 heavy (non-hydrogen) atoms. The number of ether oxygens (including phenoxy) is 2. The Balaban J connectivity index is 1.71. The maximum atomic E-state index is 6.21. The zero-order valence-corrected chi connectivity index (χ0v) is 12.1. The van der Waals surface area contributed by atoms with Crippen molar-refractivity contribution in [1.82, 2.24) is 5.32 Å². The molecule has 1 N–H and O–H groups in total. The molecule has 0 saturated carbocycles. The van der Waals surface area contributed by atoms with Gasteiger partial charge in [0.1, 0.15) is 11.9 Å². The molecule has 2 heterocycles. The van der Waals surface area contributed by atoms with Gasteiger partial charge in [-0.25, -0.2) is 0 Å². The van der Waals surface area contributed by atoms with Crippen LogP contribution in [-0.4, -0.2) is 38.2 Å². The van der Waals surface area contributed by atoms with Crippen molar-refractivity contribution in [1.29, 1.82) is 0 Å². The number of rotatable bonds is 3. The molecule has 2 aliphatic rings. The summed E-state index contributed by atoms with van der Waals surface area (Å²) in [6.45, 7) is 1.78. The highest BCUT2D eigenvalue weighted by atomic mass is 32.2. The molecule has 2 aliphatic heterocycles. The Hall–Kier alpha value is -0.710. The van der Waals surface area contributed by atoms with E-state index in [1.807, 2.05) is 17.8 Å². The molecule has 2 unspecified atom stereocenters. The molecule has 0 bridgehead atoms. The third-order valence-electron chi connectivity index (χ3n) is 4.04. The van der Waals surface area contributed by atoms with Gasteiger partial charge in [-0.2, -0.15) is 0 Å². The van der Waals surface area contributed by atoms with Crippen LogP contribution in [0.2, 0.25) is 0 Å². The monoisotopic (exact) mass is 279 g/mol. The molecule has 104 valence electrons. The largest absolute Gasteiger partial charge is 0.487 e. The first kappa shape index (κ1) is 13.3. The minimum atomic E-state index is 0.257. The smallest absolute Gasteiger partial charge is 0.133 e. The minimum absolute atomic E-state index is 0.257. The van der Waals surface area contributed by atoms with E-state index in [-0.39, 0.29) is 6.10 Å². The van der Waals surface area contributed by atoms with Crippen LogP contribution in [0.25, 0.3) is 0 Å². The summed E-state index contributed by atoms with van der Waals surface area (Å²) < 4.78 is 11.7. The first-order valence-corrected chi connectivity index (χ1v) is 8.00. The molecule has 1 aromatic carbocycles. The average molecular weight is 279 g/mol. The summed E-state index contributed by atoms with van der Waals surface area (Å²) in [4.78, 5) is 1.26. The Bertz CT molecular complexity index is 420. The Kier molecular flexibility index (Phi) is 4.31. The van der Waals surface area contributed by atoms with E-state index >= 15 is 0 Å². The topological polar surface area (TPSA) is 30.5 Å². The van der Waals surface area contributed by atoms with Crippen LogP contribution in [0.1, 0.15) is 12.8 Å². The zero-order chi connectivity index (χ0) is 13.1. The highest BCUT2D eigenvalue weighted by Crippen LogP contribution is 2.37. The fourth-order valence-electron chi connectivity index (χ4n) is 3.01. The number of likely N-dealkylation sites (N-methyl/N-ethyl adjacent to an activating group) is 1. The van der Waals surface area contributed by atoms with E-state index in [2.05, 4.69) is 30.6 Å². The summed E-state index contributed by atoms with van der Waals surface area (Å²) in [6.07, 6.45) is 2.53. The molecule has 1 fully saturated rings. The summed E-state index contributed by atoms with van der Waals surface area (Å²) in [7, 11) is 2.05. The van der Waals surface area contributed by atoms with E-state index in [9.17, 15) is 0 Å². The summed E-state index contributed by atoms with van der Waals surface area (Å²) in [5.41, 5.74) is 0. The molecule has 1 saturated heterocycles. The predicted molar refractivity (Wildman–Crippen MR) is 78.0 cm³/mol. The van der Waals surface area contributed by atoms with Crippen LogP contribution in [0.5, 0.6) is 5.75 Å². The molecular formula is C15H21NO2S. The number of thioether (sulfide) groups is 1. The second-order valence-corrected chi connectivity index (χ2v) is 6.24. The fraction of sp³-hybridized carbons (Fsp3) is 0.600. The maximum Gasteiger partial charge on any atom is 0.133 e. The van der Waals surface area contributed by atoms with Gasteiger partial charge in [0.2, 0.25) is 0 Å². The number of hydrogen-bond acceptors (Lipinski definition) is 4. The van der Waals surface area contributed by atoms with Crippen molar-refractivity contribution in [2.45, 2.75) is 29.9 Å². The van der Waals surface area contributed by atoms with Gasteiger partial charge in [-0.3, -0.25) is 0 Å². The minimum Gasteiger partial charge on any atom is -0.487 e. The first-order valence-electron chi connectivity index (χ1n) is 7.02. The predicted octanol–water partition coefficient (Wildman–Crippen LogP) is 2.55. The lowest BCUT2D eigenvalue weighted by Crippen LogP contribution is -2.50. The van der Waals surface area contributed by atoms with Crippen LogP contribution in [-0.2, 0) is 4.74 Å². The van der Waals surface area contributed by atoms with Crippen LogP contribution >= 0.6 is 11.8 Å². The Labute approximate surface area is 119 Å². The van der Waals surface area contributed by atoms with Gasteiger partial charge < -0.3 is 14.8 Å². The van der Waals surface area contributed by atoms with E-state index in [4.69, 9.17) is 9.47 Å². The van der Waals surface area contributed by atoms with Gasteiger partial charge in [0.15, 0.2) is 0 Å². The maximum absolute atomic E-state index is 6.21. The lowest BCUT2D eigenvalue weighted by atomic mass is 9.88. The van der Waals surface area contributed by atoms with Crippen LogP contribution < -0.4 is 10.1 Å². The summed E-state index contributed by atoms with van der Waals surface area (Å²) in [5, 5.41) is 3.48. The average Bonchev–Trinajstić information content (AvgIpc) is 2.49. The van der Waals surface area contributed by atoms with Crippen molar-refractivity contribution in [3.63, 3.8) is 0 Å². The lowest BCUT2D eigenvalue weighted by molar-refractivity contribution is 0.0332. The molecule has 0 radical (unpaired) electrons. The standard InChI is InChI=1S/C15H21NO2S/c1-16-15(11-6-8-17-9-7-11)13-10-19-14-5-3-2-4-12(14)18-13/h2-5,11,13,15-16H,6-10H2,1H3. The van der Waals surface area contributed by atoms with Crippen molar-refractivity contribution < 1.29 is 9.47 Å². The van der Waals surface area contributed by atoms with E-state index < -0.39 is 0 Å². The number of fused-ring (bicyclic) bond motifs is 1. The number of benzene rings is 1. The van der Waals surface area contributed by atoms with Gasteiger partial charge in [0.25, 0.3) is 0 Å². The van der Waals surface area contributed by atoms with Crippen molar-refractivity contribution in [3.05, 3.63) is 24.3 Å². The lowest BCUT2D eigenvalue weighted by Gasteiger charge is -2.37. The van der Waals surface area contributed by atoms with Crippen molar-refractivity contribution in [2.24, 2.45) is 5.92 Å². The summed E-state index contributed by atoms with van der Waals surface area (Å²) in [5.74, 6) is 2.73. The highest BCUT2D eigenvalue weighted by Gasteiger charge is 2.33. The van der Waals surface area contributed by atoms with Gasteiger partial charge in [-0.05, 0) is 37.9 Å². The third kappa shape index (κ3) is 2.91. The third-order valence-corrected chi connectivity index (χ3v) is 5.18. The van der Waals surface area contributed by atoms with Gasteiger partial charge in [0.05, 0.1) is 0 Å². The zero-order valence-electron chi connectivity index (χ0n) is 11.3. The normalized spacial score (nSPS) is 25.4. The van der Waals surface area contributed by atoms with Gasteiger partial charge in [0, 0.05) is 29.9 Å². The Morgan fingerprint density at radius 3 is 2.84 bits per heavy atom. The van der Waals surface area contributed by atoms with Crippen LogP contribution in [0.3, 0.4) is 0 Å². The molecule has 2 atom stereocenters. The molecule has 4 heteroatoms. The molecule has 0 spiro atoms. The van der Waals surface area contributed by atoms with E-state index in [0.717, 1.165) is 37.6 Å². The first-order chi connectivity index (χ1) is 9.38. The second-order valence-electron chi connectivity index (χ2n) is 5.18. The molecule has 3 nitrogen and oxygen atoms in total. The van der Waals surface area contributed by atoms with Crippen molar-refractivity contribution in [3.8, 4) is 5.75 Å². The Morgan fingerprint density at radius 2 is 2.05 bits per heavy atom. The molecule has 1 aromatic rings. The van der Waals surface area contributed by atoms with E-state index in [1.54, 1.807) is 0 Å². The quantitative estimate of drug-likeness (QED) is 0.921. The SMILES string of the molecule is CNC(C1CCOCC1)C1CSc2ccccc2O1. The molecule has 0 aliphatic carbocycles. The number of hydrogen-bond donors (Lipinski definition) is 1. The summed E-state index contributed by atoms with van der Waals surface area (Å²) >= 11 is 1.91. The van der Waals surface area contributed by atoms with Gasteiger partial charge in [-0.15, -0.1) is 11.8 Å². The van der Waals surface area contributed by atoms with Gasteiger partial charge in [-0.1, -0.05) is 12.1 Å². The number of para-hydroxylation sites is 1. The van der Waals surface area contributed by atoms with E-state index in [1.165, 1.54) is 4.90 Å². The molecule has 0 amide bonds. The second kappa shape index (κ2) is 6.16. The molecule has 3 rings (SSSR count). The Morgan fingerprint density at radius 1 is 1.26 bits per heavy atom. The van der Waals surface area contributed by atoms with E-state index in [0.29, 0.717) is 12.0 Å². The molecular weight excluding hydrogens is 258 g/mol. The van der Waals surface area contributed by atoms with Crippen LogP contribution in [0.4, 0.5) is 0 Å². The van der Waals surface area contributed by atoms with Crippen molar-refractivity contribution >= 4 is 11.8 Å². The van der Waals surface area contributed by atoms with Crippen LogP contribution in [0, 0.1) is 5.92 Å². The molecule has 0 aromatic heterocycles. The van der Waals surface area contributed by atoms with Gasteiger partial charge >= 0.3 is 0 Å². The van der Waals surface area contributed by atoms with Crippen LogP contribution in [0.15, 0.2) is 29.2 Å². The fourth-order valence-corrected chi connectivity index (χ4v) is 4.07. The summed E-state index contributed by atoms with van der Waals surface area (Å²) in [6, 6.07) is 8.75.